The Morgan fingerprint density at radius 3 is 2.53 bits per heavy atom. The molecular formula is C12H19NO2. The van der Waals surface area contributed by atoms with Crippen molar-refractivity contribution in [3.05, 3.63) is 29.8 Å². The van der Waals surface area contributed by atoms with Crippen molar-refractivity contribution in [1.29, 1.82) is 0 Å². The topological polar surface area (TPSA) is 41.5 Å². The Hall–Kier alpha value is -1.06. The highest BCUT2D eigenvalue weighted by atomic mass is 16.5. The average molecular weight is 209 g/mol. The third-order valence-electron chi connectivity index (χ3n) is 2.40. The van der Waals surface area contributed by atoms with Crippen molar-refractivity contribution in [2.75, 3.05) is 20.3 Å². The van der Waals surface area contributed by atoms with Crippen LogP contribution in [0.2, 0.25) is 0 Å². The summed E-state index contributed by atoms with van der Waals surface area (Å²) in [7, 11) is 1.70. The maximum Gasteiger partial charge on any atom is 0.115 e. The maximum atomic E-state index is 9.18. The Balaban J connectivity index is 2.53. The molecule has 0 heterocycles. The van der Waals surface area contributed by atoms with Gasteiger partial charge in [0, 0.05) is 19.7 Å². The third kappa shape index (κ3) is 3.90. The quantitative estimate of drug-likeness (QED) is 0.705. The summed E-state index contributed by atoms with van der Waals surface area (Å²) < 4.78 is 4.99. The summed E-state index contributed by atoms with van der Waals surface area (Å²) in [6, 6.07) is 7.67. The van der Waals surface area contributed by atoms with Crippen LogP contribution in [0.25, 0.3) is 0 Å². The molecule has 0 amide bonds. The normalized spacial score (nSPS) is 12.7. The molecule has 0 spiro atoms. The summed E-state index contributed by atoms with van der Waals surface area (Å²) in [4.78, 5) is 0. The third-order valence-corrected chi connectivity index (χ3v) is 2.40. The van der Waals surface area contributed by atoms with Gasteiger partial charge in [0.15, 0.2) is 0 Å². The zero-order valence-corrected chi connectivity index (χ0v) is 9.36. The SMILES string of the molecule is CCC(NCCOC)c1ccc(O)cc1. The first-order chi connectivity index (χ1) is 7.27. The van der Waals surface area contributed by atoms with Gasteiger partial charge in [-0.3, -0.25) is 0 Å². The Kier molecular flexibility index (Phi) is 5.15. The summed E-state index contributed by atoms with van der Waals surface area (Å²) in [5.41, 5.74) is 1.20. The van der Waals surface area contributed by atoms with Crippen molar-refractivity contribution >= 4 is 0 Å². The van der Waals surface area contributed by atoms with Crippen LogP contribution in [0, 0.1) is 0 Å². The van der Waals surface area contributed by atoms with Crippen LogP contribution in [0.1, 0.15) is 24.9 Å². The molecule has 1 atom stereocenters. The van der Waals surface area contributed by atoms with E-state index in [0.29, 0.717) is 18.4 Å². The molecule has 3 heteroatoms. The second-order valence-electron chi connectivity index (χ2n) is 3.50. The van der Waals surface area contributed by atoms with Gasteiger partial charge in [-0.15, -0.1) is 0 Å². The van der Waals surface area contributed by atoms with E-state index in [1.54, 1.807) is 19.2 Å². The lowest BCUT2D eigenvalue weighted by molar-refractivity contribution is 0.195. The van der Waals surface area contributed by atoms with E-state index >= 15 is 0 Å². The van der Waals surface area contributed by atoms with Crippen molar-refractivity contribution < 1.29 is 9.84 Å². The molecule has 1 unspecified atom stereocenters. The van der Waals surface area contributed by atoms with E-state index in [4.69, 9.17) is 4.74 Å². The van der Waals surface area contributed by atoms with Crippen LogP contribution in [-0.2, 0) is 4.74 Å². The average Bonchev–Trinajstić information content (AvgIpc) is 2.26. The van der Waals surface area contributed by atoms with E-state index in [1.165, 1.54) is 5.56 Å². The first-order valence-electron chi connectivity index (χ1n) is 5.29. The molecule has 0 aliphatic carbocycles. The van der Waals surface area contributed by atoms with Crippen molar-refractivity contribution in [2.24, 2.45) is 0 Å². The molecule has 0 aromatic heterocycles. The molecule has 1 aromatic carbocycles. The summed E-state index contributed by atoms with van der Waals surface area (Å²) >= 11 is 0. The first-order valence-corrected chi connectivity index (χ1v) is 5.29. The molecule has 0 aliphatic rings. The molecule has 0 saturated carbocycles. The zero-order chi connectivity index (χ0) is 11.1. The predicted molar refractivity (Wildman–Crippen MR) is 61.0 cm³/mol. The van der Waals surface area contributed by atoms with E-state index in [0.717, 1.165) is 13.0 Å². The van der Waals surface area contributed by atoms with E-state index in [9.17, 15) is 5.11 Å². The molecule has 1 aromatic rings. The second-order valence-corrected chi connectivity index (χ2v) is 3.50. The molecular weight excluding hydrogens is 190 g/mol. The first kappa shape index (κ1) is 12.0. The molecule has 2 N–H and O–H groups in total. The Morgan fingerprint density at radius 2 is 2.00 bits per heavy atom. The number of hydrogen-bond acceptors (Lipinski definition) is 3. The molecule has 0 bridgehead atoms. The highest BCUT2D eigenvalue weighted by Gasteiger charge is 2.07. The van der Waals surface area contributed by atoms with Crippen LogP contribution in [0.4, 0.5) is 0 Å². The Bertz CT molecular complexity index is 271. The second kappa shape index (κ2) is 6.43. The number of nitrogens with one attached hydrogen (secondary N) is 1. The Labute approximate surface area is 91.1 Å². The van der Waals surface area contributed by atoms with Gasteiger partial charge in [0.25, 0.3) is 0 Å². The molecule has 3 nitrogen and oxygen atoms in total. The molecule has 0 fully saturated rings. The monoisotopic (exact) mass is 209 g/mol. The van der Waals surface area contributed by atoms with Crippen molar-refractivity contribution in [1.82, 2.24) is 5.32 Å². The van der Waals surface area contributed by atoms with Gasteiger partial charge in [-0.2, -0.15) is 0 Å². The molecule has 0 aliphatic heterocycles. The minimum Gasteiger partial charge on any atom is -0.508 e. The van der Waals surface area contributed by atoms with Crippen molar-refractivity contribution in [3.8, 4) is 5.75 Å². The van der Waals surface area contributed by atoms with Crippen LogP contribution in [0.5, 0.6) is 5.75 Å². The lowest BCUT2D eigenvalue weighted by atomic mass is 10.0. The van der Waals surface area contributed by atoms with Crippen LogP contribution in [0.15, 0.2) is 24.3 Å². The molecule has 1 rings (SSSR count). The highest BCUT2D eigenvalue weighted by molar-refractivity contribution is 5.27. The van der Waals surface area contributed by atoms with Gasteiger partial charge in [0.05, 0.1) is 6.61 Å². The minimum absolute atomic E-state index is 0.311. The van der Waals surface area contributed by atoms with Gasteiger partial charge in [-0.1, -0.05) is 19.1 Å². The number of aromatic hydroxyl groups is 1. The van der Waals surface area contributed by atoms with E-state index in [1.807, 2.05) is 12.1 Å². The van der Waals surface area contributed by atoms with Gasteiger partial charge in [0.1, 0.15) is 5.75 Å². The van der Waals surface area contributed by atoms with Gasteiger partial charge in [-0.25, -0.2) is 0 Å². The highest BCUT2D eigenvalue weighted by Crippen LogP contribution is 2.18. The van der Waals surface area contributed by atoms with E-state index < -0.39 is 0 Å². The van der Waals surface area contributed by atoms with Crippen LogP contribution in [0.3, 0.4) is 0 Å². The van der Waals surface area contributed by atoms with Gasteiger partial charge < -0.3 is 15.2 Å². The van der Waals surface area contributed by atoms with Crippen LogP contribution < -0.4 is 5.32 Å². The fourth-order valence-corrected chi connectivity index (χ4v) is 1.54. The number of phenolic OH excluding ortho intramolecular Hbond substituents is 1. The van der Waals surface area contributed by atoms with Crippen LogP contribution in [-0.4, -0.2) is 25.4 Å². The molecule has 0 saturated heterocycles. The summed E-state index contributed by atoms with van der Waals surface area (Å²) in [6.07, 6.45) is 1.02. The maximum absolute atomic E-state index is 9.18. The van der Waals surface area contributed by atoms with Crippen molar-refractivity contribution in [3.63, 3.8) is 0 Å². The lowest BCUT2D eigenvalue weighted by Gasteiger charge is -2.17. The number of hydrogen-bond donors (Lipinski definition) is 2. The lowest BCUT2D eigenvalue weighted by Crippen LogP contribution is -2.24. The number of rotatable bonds is 6. The molecule has 15 heavy (non-hydrogen) atoms. The number of methoxy groups -OCH3 is 1. The number of benzene rings is 1. The van der Waals surface area contributed by atoms with Crippen LogP contribution >= 0.6 is 0 Å². The summed E-state index contributed by atoms with van der Waals surface area (Å²) in [6.45, 7) is 3.70. The van der Waals surface area contributed by atoms with Gasteiger partial charge >= 0.3 is 0 Å². The summed E-state index contributed by atoms with van der Waals surface area (Å²) in [5, 5.41) is 12.6. The van der Waals surface area contributed by atoms with E-state index in [-0.39, 0.29) is 0 Å². The minimum atomic E-state index is 0.311. The fourth-order valence-electron chi connectivity index (χ4n) is 1.54. The smallest absolute Gasteiger partial charge is 0.115 e. The van der Waals surface area contributed by atoms with Crippen molar-refractivity contribution in [2.45, 2.75) is 19.4 Å². The molecule has 0 radical (unpaired) electrons. The number of phenols is 1. The predicted octanol–water partition coefficient (Wildman–Crippen LogP) is 2.08. The largest absolute Gasteiger partial charge is 0.508 e. The Morgan fingerprint density at radius 1 is 1.33 bits per heavy atom. The van der Waals surface area contributed by atoms with Gasteiger partial charge in [0.2, 0.25) is 0 Å². The van der Waals surface area contributed by atoms with Gasteiger partial charge in [-0.05, 0) is 24.1 Å². The fraction of sp³-hybridized carbons (Fsp3) is 0.500. The van der Waals surface area contributed by atoms with E-state index in [2.05, 4.69) is 12.2 Å². The standard InChI is InChI=1S/C12H19NO2/c1-3-12(13-8-9-15-2)10-4-6-11(14)7-5-10/h4-7,12-14H,3,8-9H2,1-2H3. The number of ether oxygens (including phenoxy) is 1. The summed E-state index contributed by atoms with van der Waals surface area (Å²) in [5.74, 6) is 0.311. The zero-order valence-electron chi connectivity index (χ0n) is 9.36. The molecule has 84 valence electrons.